The van der Waals surface area contributed by atoms with Crippen LogP contribution in [0.25, 0.3) is 11.3 Å². The van der Waals surface area contributed by atoms with Crippen LogP contribution in [-0.2, 0) is 4.74 Å². The van der Waals surface area contributed by atoms with Gasteiger partial charge in [-0.05, 0) is 31.2 Å². The first-order valence-electron chi connectivity index (χ1n) is 5.18. The molecule has 0 atom stereocenters. The summed E-state index contributed by atoms with van der Waals surface area (Å²) in [4.78, 5) is 19.7. The molecule has 0 unspecified atom stereocenters. The van der Waals surface area contributed by atoms with Crippen LogP contribution < -0.4 is 0 Å². The van der Waals surface area contributed by atoms with Gasteiger partial charge in [-0.3, -0.25) is 9.97 Å². The van der Waals surface area contributed by atoms with E-state index in [1.165, 1.54) is 7.11 Å². The molecular formula is C13H12N2O2. The van der Waals surface area contributed by atoms with Gasteiger partial charge in [0.15, 0.2) is 0 Å². The molecule has 0 saturated carbocycles. The smallest absolute Gasteiger partial charge is 0.339 e. The van der Waals surface area contributed by atoms with Crippen molar-refractivity contribution in [1.82, 2.24) is 9.97 Å². The van der Waals surface area contributed by atoms with Gasteiger partial charge >= 0.3 is 5.97 Å². The molecule has 2 aromatic rings. The summed E-state index contributed by atoms with van der Waals surface area (Å²) < 4.78 is 4.67. The second-order valence-electron chi connectivity index (χ2n) is 3.56. The molecule has 2 heterocycles. The van der Waals surface area contributed by atoms with Crippen molar-refractivity contribution in [2.45, 2.75) is 6.92 Å². The molecule has 86 valence electrons. The molecule has 0 fully saturated rings. The van der Waals surface area contributed by atoms with Gasteiger partial charge in [0, 0.05) is 18.0 Å². The van der Waals surface area contributed by atoms with Gasteiger partial charge in [0.2, 0.25) is 0 Å². The van der Waals surface area contributed by atoms with E-state index in [1.54, 1.807) is 31.5 Å². The molecule has 4 heteroatoms. The highest BCUT2D eigenvalue weighted by Gasteiger charge is 2.10. The van der Waals surface area contributed by atoms with Crippen LogP contribution in [0.3, 0.4) is 0 Å². The number of ether oxygens (including phenoxy) is 1. The Hall–Kier alpha value is -2.23. The fourth-order valence-corrected chi connectivity index (χ4v) is 1.57. The van der Waals surface area contributed by atoms with E-state index in [0.29, 0.717) is 11.3 Å². The fraction of sp³-hybridized carbons (Fsp3) is 0.154. The first-order valence-corrected chi connectivity index (χ1v) is 5.18. The lowest BCUT2D eigenvalue weighted by atomic mass is 10.1. The molecule has 0 saturated heterocycles. The maximum absolute atomic E-state index is 11.4. The number of pyridine rings is 2. The van der Waals surface area contributed by atoms with Gasteiger partial charge in [0.1, 0.15) is 0 Å². The molecule has 0 bridgehead atoms. The molecule has 2 aromatic heterocycles. The summed E-state index contributed by atoms with van der Waals surface area (Å²) in [5.41, 5.74) is 2.94. The zero-order valence-electron chi connectivity index (χ0n) is 9.68. The van der Waals surface area contributed by atoms with Crippen LogP contribution in [0.4, 0.5) is 0 Å². The van der Waals surface area contributed by atoms with Crippen molar-refractivity contribution in [2.75, 3.05) is 7.11 Å². The third kappa shape index (κ3) is 2.30. The molecule has 0 amide bonds. The number of esters is 1. The number of aryl methyl sites for hydroxylation is 1. The molecule has 0 aliphatic rings. The maximum Gasteiger partial charge on any atom is 0.339 e. The molecule has 0 spiro atoms. The Bertz CT molecular complexity index is 538. The van der Waals surface area contributed by atoms with E-state index in [2.05, 4.69) is 14.7 Å². The molecule has 0 aromatic carbocycles. The van der Waals surface area contributed by atoms with Gasteiger partial charge in [0.05, 0.1) is 24.1 Å². The SMILES string of the molecule is COC(=O)c1ccc(-c2ccncc2)nc1C. The van der Waals surface area contributed by atoms with Crippen molar-refractivity contribution in [3.63, 3.8) is 0 Å². The minimum atomic E-state index is -0.365. The van der Waals surface area contributed by atoms with Crippen molar-refractivity contribution < 1.29 is 9.53 Å². The normalized spacial score (nSPS) is 10.0. The van der Waals surface area contributed by atoms with E-state index in [-0.39, 0.29) is 5.97 Å². The number of nitrogens with zero attached hydrogens (tertiary/aromatic N) is 2. The molecular weight excluding hydrogens is 216 g/mol. The van der Waals surface area contributed by atoms with Crippen LogP contribution >= 0.6 is 0 Å². The zero-order valence-corrected chi connectivity index (χ0v) is 9.68. The third-order valence-corrected chi connectivity index (χ3v) is 2.47. The Morgan fingerprint density at radius 3 is 2.47 bits per heavy atom. The highest BCUT2D eigenvalue weighted by Crippen LogP contribution is 2.18. The topological polar surface area (TPSA) is 52.1 Å². The number of hydrogen-bond donors (Lipinski definition) is 0. The van der Waals surface area contributed by atoms with Crippen molar-refractivity contribution >= 4 is 5.97 Å². The largest absolute Gasteiger partial charge is 0.465 e. The number of carbonyl (C=O) groups is 1. The standard InChI is InChI=1S/C13H12N2O2/c1-9-11(13(16)17-2)3-4-12(15-9)10-5-7-14-8-6-10/h3-8H,1-2H3. The fourth-order valence-electron chi connectivity index (χ4n) is 1.57. The average molecular weight is 228 g/mol. The van der Waals surface area contributed by atoms with E-state index in [9.17, 15) is 4.79 Å². The summed E-state index contributed by atoms with van der Waals surface area (Å²) in [6.07, 6.45) is 3.42. The molecule has 0 N–H and O–H groups in total. The minimum absolute atomic E-state index is 0.365. The number of rotatable bonds is 2. The molecule has 17 heavy (non-hydrogen) atoms. The van der Waals surface area contributed by atoms with Gasteiger partial charge in [-0.15, -0.1) is 0 Å². The van der Waals surface area contributed by atoms with E-state index >= 15 is 0 Å². The van der Waals surface area contributed by atoms with Gasteiger partial charge in [-0.1, -0.05) is 0 Å². The summed E-state index contributed by atoms with van der Waals surface area (Å²) in [6.45, 7) is 1.79. The average Bonchev–Trinajstić information content (AvgIpc) is 2.39. The summed E-state index contributed by atoms with van der Waals surface area (Å²) in [6, 6.07) is 7.28. The molecule has 0 aliphatic carbocycles. The molecule has 0 aliphatic heterocycles. The molecule has 2 rings (SSSR count). The predicted molar refractivity (Wildman–Crippen MR) is 63.5 cm³/mol. The first kappa shape index (κ1) is 11.3. The van der Waals surface area contributed by atoms with E-state index in [0.717, 1.165) is 11.3 Å². The van der Waals surface area contributed by atoms with Gasteiger partial charge < -0.3 is 4.74 Å². The zero-order chi connectivity index (χ0) is 12.3. The predicted octanol–water partition coefficient (Wildman–Crippen LogP) is 2.24. The third-order valence-electron chi connectivity index (χ3n) is 2.47. The quantitative estimate of drug-likeness (QED) is 0.740. The number of hydrogen-bond acceptors (Lipinski definition) is 4. The summed E-state index contributed by atoms with van der Waals surface area (Å²) >= 11 is 0. The number of methoxy groups -OCH3 is 1. The van der Waals surface area contributed by atoms with Crippen LogP contribution in [0.1, 0.15) is 16.1 Å². The van der Waals surface area contributed by atoms with Gasteiger partial charge in [0.25, 0.3) is 0 Å². The second kappa shape index (κ2) is 4.74. The Morgan fingerprint density at radius 1 is 1.18 bits per heavy atom. The van der Waals surface area contributed by atoms with Crippen LogP contribution in [0.5, 0.6) is 0 Å². The summed E-state index contributed by atoms with van der Waals surface area (Å²) in [5.74, 6) is -0.365. The Kier molecular flexibility index (Phi) is 3.14. The number of aromatic nitrogens is 2. The van der Waals surface area contributed by atoms with Crippen molar-refractivity contribution in [1.29, 1.82) is 0 Å². The Balaban J connectivity index is 2.41. The summed E-state index contributed by atoms with van der Waals surface area (Å²) in [5, 5.41) is 0. The lowest BCUT2D eigenvalue weighted by Gasteiger charge is -2.06. The van der Waals surface area contributed by atoms with E-state index in [4.69, 9.17) is 0 Å². The lowest BCUT2D eigenvalue weighted by molar-refractivity contribution is 0.0599. The van der Waals surface area contributed by atoms with Crippen molar-refractivity contribution in [3.05, 3.63) is 47.9 Å². The second-order valence-corrected chi connectivity index (χ2v) is 3.56. The first-order chi connectivity index (χ1) is 8.22. The van der Waals surface area contributed by atoms with Crippen LogP contribution in [0.2, 0.25) is 0 Å². The monoisotopic (exact) mass is 228 g/mol. The maximum atomic E-state index is 11.4. The van der Waals surface area contributed by atoms with Crippen LogP contribution in [0.15, 0.2) is 36.7 Å². The van der Waals surface area contributed by atoms with Gasteiger partial charge in [-0.2, -0.15) is 0 Å². The summed E-state index contributed by atoms with van der Waals surface area (Å²) in [7, 11) is 1.36. The van der Waals surface area contributed by atoms with Crippen molar-refractivity contribution in [2.24, 2.45) is 0 Å². The Labute approximate surface area is 99.3 Å². The van der Waals surface area contributed by atoms with Gasteiger partial charge in [-0.25, -0.2) is 4.79 Å². The lowest BCUT2D eigenvalue weighted by Crippen LogP contribution is -2.05. The van der Waals surface area contributed by atoms with Crippen LogP contribution in [-0.4, -0.2) is 23.0 Å². The van der Waals surface area contributed by atoms with Crippen molar-refractivity contribution in [3.8, 4) is 11.3 Å². The number of carbonyl (C=O) groups excluding carboxylic acids is 1. The molecule has 4 nitrogen and oxygen atoms in total. The Morgan fingerprint density at radius 2 is 1.88 bits per heavy atom. The highest BCUT2D eigenvalue weighted by atomic mass is 16.5. The van der Waals surface area contributed by atoms with E-state index < -0.39 is 0 Å². The van der Waals surface area contributed by atoms with Crippen LogP contribution in [0, 0.1) is 6.92 Å². The van der Waals surface area contributed by atoms with E-state index in [1.807, 2.05) is 12.1 Å². The molecule has 0 radical (unpaired) electrons. The minimum Gasteiger partial charge on any atom is -0.465 e. The highest BCUT2D eigenvalue weighted by molar-refractivity contribution is 5.90.